The highest BCUT2D eigenvalue weighted by molar-refractivity contribution is 5.56. The molecule has 0 spiro atoms. The molecule has 0 bridgehead atoms. The average molecular weight is 264 g/mol. The fourth-order valence-electron chi connectivity index (χ4n) is 1.63. The highest BCUT2D eigenvalue weighted by atomic mass is 16.5. The van der Waals surface area contributed by atoms with E-state index in [0.29, 0.717) is 5.92 Å². The van der Waals surface area contributed by atoms with Crippen LogP contribution in [0.2, 0.25) is 0 Å². The van der Waals surface area contributed by atoms with Crippen molar-refractivity contribution in [2.24, 2.45) is 5.92 Å². The normalized spacial score (nSPS) is 11.7. The third-order valence-electron chi connectivity index (χ3n) is 2.56. The minimum Gasteiger partial charge on any atom is -0.491 e. The third kappa shape index (κ3) is 7.06. The Labute approximate surface area is 117 Å². The monoisotopic (exact) mass is 264 g/mol. The van der Waals surface area contributed by atoms with Gasteiger partial charge in [0, 0.05) is 18.6 Å². The summed E-state index contributed by atoms with van der Waals surface area (Å²) in [4.78, 5) is 0. The summed E-state index contributed by atoms with van der Waals surface area (Å²) in [5.74, 6) is 1.47. The second-order valence-electron chi connectivity index (χ2n) is 6.30. The highest BCUT2D eigenvalue weighted by Crippen LogP contribution is 2.23. The first-order chi connectivity index (χ1) is 8.88. The zero-order valence-corrected chi connectivity index (χ0v) is 12.9. The number of benzene rings is 1. The Kier molecular flexibility index (Phi) is 6.16. The molecule has 1 aromatic carbocycles. The van der Waals surface area contributed by atoms with Gasteiger partial charge in [-0.2, -0.15) is 0 Å². The lowest BCUT2D eigenvalue weighted by molar-refractivity contribution is 0.272. The van der Waals surface area contributed by atoms with E-state index >= 15 is 0 Å². The molecule has 3 nitrogen and oxygen atoms in total. The standard InChI is InChI=1S/C16H28N2O/c1-13(2)12-19-15-9-7-6-8-14(15)17-10-11-18-16(3,4)5/h6-9,13,17-18H,10-12H2,1-5H3. The minimum atomic E-state index is 0.162. The van der Waals surface area contributed by atoms with Crippen LogP contribution in [0.4, 0.5) is 5.69 Å². The van der Waals surface area contributed by atoms with Crippen molar-refractivity contribution >= 4 is 5.69 Å². The van der Waals surface area contributed by atoms with Gasteiger partial charge in [0.15, 0.2) is 0 Å². The molecule has 19 heavy (non-hydrogen) atoms. The molecule has 0 atom stereocenters. The van der Waals surface area contributed by atoms with Crippen LogP contribution in [0, 0.1) is 5.92 Å². The Hall–Kier alpha value is -1.22. The van der Waals surface area contributed by atoms with Crippen molar-refractivity contribution < 1.29 is 4.74 Å². The van der Waals surface area contributed by atoms with Crippen molar-refractivity contribution in [3.63, 3.8) is 0 Å². The first kappa shape index (κ1) is 15.8. The lowest BCUT2D eigenvalue weighted by Crippen LogP contribution is -2.38. The van der Waals surface area contributed by atoms with E-state index in [1.54, 1.807) is 0 Å². The van der Waals surface area contributed by atoms with E-state index in [1.807, 2.05) is 18.2 Å². The predicted octanol–water partition coefficient (Wildman–Crippen LogP) is 3.52. The Morgan fingerprint density at radius 1 is 1.11 bits per heavy atom. The van der Waals surface area contributed by atoms with Crippen molar-refractivity contribution in [3.8, 4) is 5.75 Å². The van der Waals surface area contributed by atoms with Gasteiger partial charge >= 0.3 is 0 Å². The van der Waals surface area contributed by atoms with Gasteiger partial charge in [0.25, 0.3) is 0 Å². The zero-order valence-electron chi connectivity index (χ0n) is 12.9. The molecule has 1 aromatic rings. The van der Waals surface area contributed by atoms with Crippen LogP contribution >= 0.6 is 0 Å². The van der Waals surface area contributed by atoms with Crippen molar-refractivity contribution in [3.05, 3.63) is 24.3 Å². The summed E-state index contributed by atoms with van der Waals surface area (Å²) >= 11 is 0. The molecule has 0 amide bonds. The Morgan fingerprint density at radius 2 is 1.79 bits per heavy atom. The van der Waals surface area contributed by atoms with Crippen molar-refractivity contribution in [2.75, 3.05) is 25.0 Å². The maximum atomic E-state index is 5.81. The van der Waals surface area contributed by atoms with Gasteiger partial charge in [0.1, 0.15) is 5.75 Å². The molecule has 0 aliphatic rings. The summed E-state index contributed by atoms with van der Waals surface area (Å²) in [5.41, 5.74) is 1.23. The molecule has 3 heteroatoms. The lowest BCUT2D eigenvalue weighted by Gasteiger charge is -2.21. The lowest BCUT2D eigenvalue weighted by atomic mass is 10.1. The van der Waals surface area contributed by atoms with Gasteiger partial charge in [0.05, 0.1) is 12.3 Å². The predicted molar refractivity (Wildman–Crippen MR) is 83.0 cm³/mol. The number of hydrogen-bond donors (Lipinski definition) is 2. The van der Waals surface area contributed by atoms with Crippen molar-refractivity contribution in [1.29, 1.82) is 0 Å². The number of para-hydroxylation sites is 2. The van der Waals surface area contributed by atoms with Crippen LogP contribution in [0.3, 0.4) is 0 Å². The smallest absolute Gasteiger partial charge is 0.142 e. The highest BCUT2D eigenvalue weighted by Gasteiger charge is 2.08. The van der Waals surface area contributed by atoms with E-state index < -0.39 is 0 Å². The number of hydrogen-bond acceptors (Lipinski definition) is 3. The van der Waals surface area contributed by atoms with Crippen LogP contribution < -0.4 is 15.4 Å². The molecule has 0 radical (unpaired) electrons. The fourth-order valence-corrected chi connectivity index (χ4v) is 1.63. The fraction of sp³-hybridized carbons (Fsp3) is 0.625. The molecule has 1 rings (SSSR count). The molecule has 0 fully saturated rings. The van der Waals surface area contributed by atoms with Crippen molar-refractivity contribution in [2.45, 2.75) is 40.2 Å². The van der Waals surface area contributed by atoms with Gasteiger partial charge in [-0.1, -0.05) is 26.0 Å². The summed E-state index contributed by atoms with van der Waals surface area (Å²) in [6, 6.07) is 8.12. The second kappa shape index (κ2) is 7.39. The third-order valence-corrected chi connectivity index (χ3v) is 2.56. The maximum Gasteiger partial charge on any atom is 0.142 e. The molecule has 0 unspecified atom stereocenters. The van der Waals surface area contributed by atoms with Gasteiger partial charge in [-0.3, -0.25) is 0 Å². The van der Waals surface area contributed by atoms with E-state index in [1.165, 1.54) is 0 Å². The molecule has 0 aromatic heterocycles. The van der Waals surface area contributed by atoms with Gasteiger partial charge < -0.3 is 15.4 Å². The van der Waals surface area contributed by atoms with Crippen molar-refractivity contribution in [1.82, 2.24) is 5.32 Å². The first-order valence-electron chi connectivity index (χ1n) is 7.09. The quantitative estimate of drug-likeness (QED) is 0.739. The van der Waals surface area contributed by atoms with Crippen LogP contribution in [-0.4, -0.2) is 25.2 Å². The summed E-state index contributed by atoms with van der Waals surface area (Å²) in [6.45, 7) is 13.4. The molecule has 0 aliphatic heterocycles. The molecule has 0 saturated carbocycles. The van der Waals surface area contributed by atoms with E-state index in [9.17, 15) is 0 Å². The molecule has 0 aliphatic carbocycles. The Balaban J connectivity index is 2.44. The molecule has 0 saturated heterocycles. The minimum absolute atomic E-state index is 0.162. The molecular formula is C16H28N2O. The number of nitrogens with one attached hydrogen (secondary N) is 2. The first-order valence-corrected chi connectivity index (χ1v) is 7.09. The SMILES string of the molecule is CC(C)COc1ccccc1NCCNC(C)(C)C. The Morgan fingerprint density at radius 3 is 2.42 bits per heavy atom. The zero-order chi connectivity index (χ0) is 14.3. The van der Waals surface area contributed by atoms with Gasteiger partial charge in [-0.05, 0) is 38.8 Å². The maximum absolute atomic E-state index is 5.81. The van der Waals surface area contributed by atoms with Gasteiger partial charge in [0.2, 0.25) is 0 Å². The van der Waals surface area contributed by atoms with Crippen LogP contribution in [0.15, 0.2) is 24.3 Å². The van der Waals surface area contributed by atoms with Crippen LogP contribution in [-0.2, 0) is 0 Å². The largest absolute Gasteiger partial charge is 0.491 e. The number of anilines is 1. The average Bonchev–Trinajstić information content (AvgIpc) is 2.32. The Bertz CT molecular complexity index is 369. The molecule has 2 N–H and O–H groups in total. The van der Waals surface area contributed by atoms with E-state index in [0.717, 1.165) is 31.1 Å². The van der Waals surface area contributed by atoms with Gasteiger partial charge in [-0.25, -0.2) is 0 Å². The molecular weight excluding hydrogens is 236 g/mol. The summed E-state index contributed by atoms with van der Waals surface area (Å²) < 4.78 is 5.81. The van der Waals surface area contributed by atoms with Crippen LogP contribution in [0.5, 0.6) is 5.75 Å². The summed E-state index contributed by atoms with van der Waals surface area (Å²) in [5, 5.41) is 6.88. The number of ether oxygens (including phenoxy) is 1. The number of rotatable bonds is 7. The second-order valence-corrected chi connectivity index (χ2v) is 6.30. The summed E-state index contributed by atoms with van der Waals surface area (Å²) in [7, 11) is 0. The van der Waals surface area contributed by atoms with Gasteiger partial charge in [-0.15, -0.1) is 0 Å². The van der Waals surface area contributed by atoms with E-state index in [2.05, 4.69) is 51.3 Å². The topological polar surface area (TPSA) is 33.3 Å². The summed E-state index contributed by atoms with van der Waals surface area (Å²) in [6.07, 6.45) is 0. The van der Waals surface area contributed by atoms with E-state index in [-0.39, 0.29) is 5.54 Å². The molecule has 0 heterocycles. The van der Waals surface area contributed by atoms with Crippen LogP contribution in [0.25, 0.3) is 0 Å². The molecule has 108 valence electrons. The van der Waals surface area contributed by atoms with Crippen LogP contribution in [0.1, 0.15) is 34.6 Å². The van der Waals surface area contributed by atoms with E-state index in [4.69, 9.17) is 4.74 Å².